The predicted octanol–water partition coefficient (Wildman–Crippen LogP) is 0.991. The van der Waals surface area contributed by atoms with Gasteiger partial charge in [0.1, 0.15) is 6.61 Å². The van der Waals surface area contributed by atoms with Gasteiger partial charge < -0.3 is 14.4 Å². The Morgan fingerprint density at radius 2 is 2.21 bits per heavy atom. The van der Waals surface area contributed by atoms with Crippen LogP contribution in [-0.4, -0.2) is 63.1 Å². The number of hydrogen-bond acceptors (Lipinski definition) is 7. The molecule has 0 spiro atoms. The summed E-state index contributed by atoms with van der Waals surface area (Å²) >= 11 is 1.46. The summed E-state index contributed by atoms with van der Waals surface area (Å²) in [7, 11) is 3.55. The van der Waals surface area contributed by atoms with Gasteiger partial charge in [0.05, 0.1) is 6.54 Å². The molecule has 0 saturated heterocycles. The highest BCUT2D eigenvalue weighted by molar-refractivity contribution is 7.99. The van der Waals surface area contributed by atoms with Gasteiger partial charge in [0.2, 0.25) is 11.1 Å². The van der Waals surface area contributed by atoms with Gasteiger partial charge in [-0.15, -0.1) is 5.10 Å². The molecule has 0 N–H and O–H groups in total. The zero-order valence-corrected chi connectivity index (χ0v) is 14.4. The topological polar surface area (TPSA) is 82.4 Å². The average molecular weight is 349 g/mol. The lowest BCUT2D eigenvalue weighted by Crippen LogP contribution is -2.41. The minimum absolute atomic E-state index is 0.0556. The Labute approximate surface area is 144 Å². The second kappa shape index (κ2) is 7.52. The number of aromatic nitrogens is 4. The van der Waals surface area contributed by atoms with Crippen molar-refractivity contribution in [2.45, 2.75) is 17.7 Å². The van der Waals surface area contributed by atoms with Crippen molar-refractivity contribution in [2.24, 2.45) is 7.05 Å². The molecule has 1 aromatic carbocycles. The maximum Gasteiger partial charge on any atom is 0.223 e. The van der Waals surface area contributed by atoms with E-state index in [9.17, 15) is 4.79 Å². The van der Waals surface area contributed by atoms with Gasteiger partial charge in [-0.1, -0.05) is 23.9 Å². The highest BCUT2D eigenvalue weighted by Gasteiger charge is 2.23. The van der Waals surface area contributed by atoms with Crippen LogP contribution in [0.15, 0.2) is 29.4 Å². The van der Waals surface area contributed by atoms with Gasteiger partial charge in [-0.3, -0.25) is 4.79 Å². The summed E-state index contributed by atoms with van der Waals surface area (Å²) in [5.41, 5.74) is 0. The van der Waals surface area contributed by atoms with E-state index in [1.807, 2.05) is 24.3 Å². The number of rotatable bonds is 6. The average Bonchev–Trinajstić information content (AvgIpc) is 2.99. The first-order chi connectivity index (χ1) is 11.6. The third-order valence-electron chi connectivity index (χ3n) is 3.60. The minimum Gasteiger partial charge on any atom is -0.486 e. The lowest BCUT2D eigenvalue weighted by molar-refractivity contribution is -0.130. The second-order valence-electron chi connectivity index (χ2n) is 5.46. The second-order valence-corrected chi connectivity index (χ2v) is 6.52. The Bertz CT molecular complexity index is 708. The highest BCUT2D eigenvalue weighted by Crippen LogP contribution is 2.30. The Morgan fingerprint density at radius 3 is 2.96 bits per heavy atom. The summed E-state index contributed by atoms with van der Waals surface area (Å²) < 4.78 is 13.1. The van der Waals surface area contributed by atoms with Crippen LogP contribution in [0, 0.1) is 0 Å². The number of para-hydroxylation sites is 2. The van der Waals surface area contributed by atoms with Crippen LogP contribution in [0.1, 0.15) is 6.42 Å². The summed E-state index contributed by atoms with van der Waals surface area (Å²) in [5.74, 6) is 2.15. The Balaban J connectivity index is 1.44. The first-order valence-corrected chi connectivity index (χ1v) is 8.59. The van der Waals surface area contributed by atoms with Crippen molar-refractivity contribution in [1.82, 2.24) is 25.1 Å². The molecule has 1 aliphatic heterocycles. The van der Waals surface area contributed by atoms with Crippen LogP contribution in [0.2, 0.25) is 0 Å². The van der Waals surface area contributed by atoms with Crippen molar-refractivity contribution in [3.8, 4) is 11.5 Å². The molecule has 24 heavy (non-hydrogen) atoms. The molecule has 2 aromatic rings. The molecule has 0 aliphatic carbocycles. The van der Waals surface area contributed by atoms with E-state index in [-0.39, 0.29) is 12.0 Å². The number of hydrogen-bond donors (Lipinski definition) is 0. The summed E-state index contributed by atoms with van der Waals surface area (Å²) in [5, 5.41) is 11.9. The molecule has 3 rings (SSSR count). The molecule has 128 valence electrons. The zero-order chi connectivity index (χ0) is 16.9. The number of carbonyl (C=O) groups excluding carboxylic acids is 1. The van der Waals surface area contributed by atoms with E-state index in [0.29, 0.717) is 30.5 Å². The number of carbonyl (C=O) groups is 1. The van der Waals surface area contributed by atoms with E-state index in [1.54, 1.807) is 23.7 Å². The van der Waals surface area contributed by atoms with Gasteiger partial charge in [0.25, 0.3) is 0 Å². The van der Waals surface area contributed by atoms with E-state index in [1.165, 1.54) is 11.8 Å². The SMILES string of the molecule is CN(C[C@@H]1COc2ccccc2O1)C(=O)CCSc1nnnn1C. The lowest BCUT2D eigenvalue weighted by atomic mass is 10.2. The van der Waals surface area contributed by atoms with Crippen LogP contribution in [0.5, 0.6) is 11.5 Å². The molecule has 0 saturated carbocycles. The fraction of sp³-hybridized carbons (Fsp3) is 0.467. The maximum atomic E-state index is 12.2. The molecule has 2 heterocycles. The number of aryl methyl sites for hydroxylation is 1. The molecule has 0 radical (unpaired) electrons. The zero-order valence-electron chi connectivity index (χ0n) is 13.6. The number of fused-ring (bicyclic) bond motifs is 1. The summed E-state index contributed by atoms with van der Waals surface area (Å²) in [4.78, 5) is 13.9. The van der Waals surface area contributed by atoms with Crippen LogP contribution in [-0.2, 0) is 11.8 Å². The fourth-order valence-corrected chi connectivity index (χ4v) is 3.10. The number of thioether (sulfide) groups is 1. The molecule has 9 heteroatoms. The highest BCUT2D eigenvalue weighted by atomic mass is 32.2. The molecule has 0 bridgehead atoms. The molecule has 1 amide bonds. The van der Waals surface area contributed by atoms with E-state index < -0.39 is 0 Å². The standard InChI is InChI=1S/C15H19N5O3S/c1-19(14(21)7-8-24-15-16-17-18-20(15)2)9-11-10-22-12-5-3-4-6-13(12)23-11/h3-6,11H,7-10H2,1-2H3/t11-/m1/s1. The van der Waals surface area contributed by atoms with Crippen LogP contribution in [0.25, 0.3) is 0 Å². The van der Waals surface area contributed by atoms with E-state index >= 15 is 0 Å². The van der Waals surface area contributed by atoms with Gasteiger partial charge in [-0.25, -0.2) is 4.68 Å². The quantitative estimate of drug-likeness (QED) is 0.719. The lowest BCUT2D eigenvalue weighted by Gasteiger charge is -2.29. The van der Waals surface area contributed by atoms with Crippen molar-refractivity contribution in [1.29, 1.82) is 0 Å². The summed E-state index contributed by atoms with van der Waals surface area (Å²) in [6.45, 7) is 0.928. The molecule has 1 aliphatic rings. The van der Waals surface area contributed by atoms with E-state index in [2.05, 4.69) is 15.5 Å². The van der Waals surface area contributed by atoms with Gasteiger partial charge in [-0.05, 0) is 22.6 Å². The van der Waals surface area contributed by atoms with Crippen molar-refractivity contribution >= 4 is 17.7 Å². The monoisotopic (exact) mass is 349 g/mol. The third kappa shape index (κ3) is 3.97. The van der Waals surface area contributed by atoms with Crippen molar-refractivity contribution < 1.29 is 14.3 Å². The number of nitrogens with zero attached hydrogens (tertiary/aromatic N) is 5. The van der Waals surface area contributed by atoms with E-state index in [4.69, 9.17) is 9.47 Å². The number of benzene rings is 1. The summed E-state index contributed by atoms with van der Waals surface area (Å²) in [6, 6.07) is 7.55. The molecule has 1 atom stereocenters. The molecule has 1 aromatic heterocycles. The number of amides is 1. The molecule has 0 unspecified atom stereocenters. The van der Waals surface area contributed by atoms with Crippen molar-refractivity contribution in [2.75, 3.05) is 26.0 Å². The summed E-state index contributed by atoms with van der Waals surface area (Å²) in [6.07, 6.45) is 0.252. The molecule has 8 nitrogen and oxygen atoms in total. The van der Waals surface area contributed by atoms with Crippen LogP contribution in [0.3, 0.4) is 0 Å². The Morgan fingerprint density at radius 1 is 1.42 bits per heavy atom. The van der Waals surface area contributed by atoms with Gasteiger partial charge in [-0.2, -0.15) is 0 Å². The maximum absolute atomic E-state index is 12.2. The van der Waals surface area contributed by atoms with Crippen LogP contribution >= 0.6 is 11.8 Å². The first kappa shape index (κ1) is 16.6. The molecular formula is C15H19N5O3S. The molecular weight excluding hydrogens is 330 g/mol. The number of likely N-dealkylation sites (N-methyl/N-ethyl adjacent to an activating group) is 1. The largest absolute Gasteiger partial charge is 0.486 e. The van der Waals surface area contributed by atoms with Crippen molar-refractivity contribution in [3.05, 3.63) is 24.3 Å². The first-order valence-electron chi connectivity index (χ1n) is 7.61. The number of tetrazole rings is 1. The van der Waals surface area contributed by atoms with Gasteiger partial charge in [0, 0.05) is 26.3 Å². The minimum atomic E-state index is -0.163. The predicted molar refractivity (Wildman–Crippen MR) is 88.1 cm³/mol. The van der Waals surface area contributed by atoms with Crippen LogP contribution < -0.4 is 9.47 Å². The normalized spacial score (nSPS) is 16.0. The van der Waals surface area contributed by atoms with Gasteiger partial charge in [0.15, 0.2) is 17.6 Å². The van der Waals surface area contributed by atoms with Gasteiger partial charge >= 0.3 is 0 Å². The smallest absolute Gasteiger partial charge is 0.223 e. The fourth-order valence-electron chi connectivity index (χ4n) is 2.32. The molecule has 0 fully saturated rings. The third-order valence-corrected chi connectivity index (χ3v) is 4.61. The van der Waals surface area contributed by atoms with E-state index in [0.717, 1.165) is 11.5 Å². The van der Waals surface area contributed by atoms with Crippen LogP contribution in [0.4, 0.5) is 0 Å². The number of ether oxygens (including phenoxy) is 2. The van der Waals surface area contributed by atoms with Crippen molar-refractivity contribution in [3.63, 3.8) is 0 Å². The Kier molecular flexibility index (Phi) is 5.19. The Hall–Kier alpha value is -2.29.